The smallest absolute Gasteiger partial charge is 0.171 e. The summed E-state index contributed by atoms with van der Waals surface area (Å²) in [6, 6.07) is 1.73. The number of hydrogen-bond donors (Lipinski definition) is 0. The van der Waals surface area contributed by atoms with E-state index in [4.69, 9.17) is 0 Å². The van der Waals surface area contributed by atoms with Gasteiger partial charge in [0.15, 0.2) is 0 Å². The Balaban J connectivity index is 4.21. The average Bonchev–Trinajstić information content (AvgIpc) is 2.01. The molecule has 0 amide bonds. The molecule has 0 heterocycles. The normalized spacial score (nSPS) is 12.6. The van der Waals surface area contributed by atoms with Crippen LogP contribution in [0.4, 0.5) is 13.2 Å². The lowest BCUT2D eigenvalue weighted by Gasteiger charge is -2.25. The zero-order chi connectivity index (χ0) is 11.2. The first kappa shape index (κ1) is 13.5. The molecule has 0 spiro atoms. The molecule has 0 saturated carbocycles. The molecule has 14 heavy (non-hydrogen) atoms. The summed E-state index contributed by atoms with van der Waals surface area (Å²) < 4.78 is 36.1. The maximum absolute atomic E-state index is 12.0. The Kier molecular flexibility index (Phi) is 5.19. The standard InChI is InChI=1S/C10H17F3Si/c1-4-7-14(3,8-5-2)9-6-10(11,12)13/h4-5H,1-2,6-9H2,3H3. The molecule has 0 fully saturated rings. The van der Waals surface area contributed by atoms with Crippen molar-refractivity contribution in [1.82, 2.24) is 0 Å². The zero-order valence-electron chi connectivity index (χ0n) is 8.53. The Bertz CT molecular complexity index is 186. The fourth-order valence-electron chi connectivity index (χ4n) is 1.43. The Morgan fingerprint density at radius 3 is 1.86 bits per heavy atom. The predicted octanol–water partition coefficient (Wildman–Crippen LogP) is 4.39. The molecule has 0 unspecified atom stereocenters. The van der Waals surface area contributed by atoms with Gasteiger partial charge in [0.1, 0.15) is 0 Å². The second-order valence-corrected chi connectivity index (χ2v) is 8.85. The Hall–Kier alpha value is -0.513. The Morgan fingerprint density at radius 2 is 1.57 bits per heavy atom. The van der Waals surface area contributed by atoms with Gasteiger partial charge in [-0.05, 0) is 18.1 Å². The van der Waals surface area contributed by atoms with E-state index in [-0.39, 0.29) is 6.04 Å². The molecular weight excluding hydrogens is 205 g/mol. The van der Waals surface area contributed by atoms with Crippen LogP contribution in [0.3, 0.4) is 0 Å². The third-order valence-electron chi connectivity index (χ3n) is 2.29. The lowest BCUT2D eigenvalue weighted by molar-refractivity contribution is -0.130. The number of halogens is 3. The van der Waals surface area contributed by atoms with E-state index in [1.165, 1.54) is 0 Å². The van der Waals surface area contributed by atoms with Crippen LogP contribution in [0.2, 0.25) is 24.7 Å². The van der Waals surface area contributed by atoms with Crippen LogP contribution < -0.4 is 0 Å². The van der Waals surface area contributed by atoms with Crippen molar-refractivity contribution in [1.29, 1.82) is 0 Å². The van der Waals surface area contributed by atoms with Gasteiger partial charge in [0, 0.05) is 6.42 Å². The molecule has 0 N–H and O–H groups in total. The molecule has 0 aromatic heterocycles. The summed E-state index contributed by atoms with van der Waals surface area (Å²) in [6.45, 7) is 9.16. The van der Waals surface area contributed by atoms with Gasteiger partial charge in [0.25, 0.3) is 0 Å². The second-order valence-electron chi connectivity index (χ2n) is 3.91. The van der Waals surface area contributed by atoms with E-state index in [2.05, 4.69) is 13.2 Å². The van der Waals surface area contributed by atoms with Gasteiger partial charge >= 0.3 is 6.18 Å². The third-order valence-corrected chi connectivity index (χ3v) is 6.29. The molecule has 0 aliphatic carbocycles. The van der Waals surface area contributed by atoms with Crippen LogP contribution in [0, 0.1) is 0 Å². The summed E-state index contributed by atoms with van der Waals surface area (Å²) in [5, 5.41) is 0. The average molecular weight is 222 g/mol. The van der Waals surface area contributed by atoms with Crippen LogP contribution in [0.1, 0.15) is 6.42 Å². The lowest BCUT2D eigenvalue weighted by atomic mass is 10.5. The van der Waals surface area contributed by atoms with Crippen molar-refractivity contribution >= 4 is 8.07 Å². The molecule has 0 rings (SSSR count). The minimum atomic E-state index is -4.03. The van der Waals surface area contributed by atoms with Crippen LogP contribution >= 0.6 is 0 Å². The molecule has 0 aromatic rings. The minimum Gasteiger partial charge on any atom is -0.171 e. The van der Waals surface area contributed by atoms with Crippen molar-refractivity contribution < 1.29 is 13.2 Å². The fraction of sp³-hybridized carbons (Fsp3) is 0.600. The molecule has 0 atom stereocenters. The van der Waals surface area contributed by atoms with Crippen LogP contribution in [-0.4, -0.2) is 14.3 Å². The molecule has 0 aliphatic rings. The monoisotopic (exact) mass is 222 g/mol. The van der Waals surface area contributed by atoms with Crippen molar-refractivity contribution in [3.05, 3.63) is 25.3 Å². The van der Waals surface area contributed by atoms with Crippen LogP contribution in [-0.2, 0) is 0 Å². The summed E-state index contributed by atoms with van der Waals surface area (Å²) >= 11 is 0. The van der Waals surface area contributed by atoms with Gasteiger partial charge in [-0.2, -0.15) is 13.2 Å². The van der Waals surface area contributed by atoms with E-state index in [9.17, 15) is 13.2 Å². The van der Waals surface area contributed by atoms with Gasteiger partial charge in [-0.15, -0.1) is 13.2 Å². The highest BCUT2D eigenvalue weighted by atomic mass is 28.3. The van der Waals surface area contributed by atoms with E-state index in [0.29, 0.717) is 0 Å². The quantitative estimate of drug-likeness (QED) is 0.462. The molecule has 0 bridgehead atoms. The molecule has 4 heteroatoms. The van der Waals surface area contributed by atoms with Crippen LogP contribution in [0.25, 0.3) is 0 Å². The van der Waals surface area contributed by atoms with Crippen molar-refractivity contribution in [3.8, 4) is 0 Å². The van der Waals surface area contributed by atoms with Gasteiger partial charge in [-0.3, -0.25) is 0 Å². The summed E-state index contributed by atoms with van der Waals surface area (Å²) in [6.07, 6.45) is -1.24. The summed E-state index contributed by atoms with van der Waals surface area (Å²) in [7, 11) is -1.82. The molecule has 0 aromatic carbocycles. The maximum Gasteiger partial charge on any atom is 0.388 e. The van der Waals surface area contributed by atoms with Crippen molar-refractivity contribution in [3.63, 3.8) is 0 Å². The van der Waals surface area contributed by atoms with E-state index in [1.807, 2.05) is 6.55 Å². The van der Waals surface area contributed by atoms with Crippen LogP contribution in [0.15, 0.2) is 25.3 Å². The largest absolute Gasteiger partial charge is 0.388 e. The summed E-state index contributed by atoms with van der Waals surface area (Å²) in [5.74, 6) is 0. The summed E-state index contributed by atoms with van der Waals surface area (Å²) in [5.41, 5.74) is 0. The SMILES string of the molecule is C=CC[Si](C)(CC=C)CCC(F)(F)F. The highest BCUT2D eigenvalue weighted by molar-refractivity contribution is 6.79. The van der Waals surface area contributed by atoms with Gasteiger partial charge in [0.05, 0.1) is 8.07 Å². The predicted molar refractivity (Wildman–Crippen MR) is 57.1 cm³/mol. The van der Waals surface area contributed by atoms with Crippen LogP contribution in [0.5, 0.6) is 0 Å². The maximum atomic E-state index is 12.0. The first-order valence-corrected chi connectivity index (χ1v) is 7.74. The second kappa shape index (κ2) is 5.39. The van der Waals surface area contributed by atoms with E-state index in [0.717, 1.165) is 12.1 Å². The van der Waals surface area contributed by atoms with E-state index < -0.39 is 20.7 Å². The first-order valence-electron chi connectivity index (χ1n) is 4.61. The number of rotatable bonds is 6. The zero-order valence-corrected chi connectivity index (χ0v) is 9.53. The fourth-order valence-corrected chi connectivity index (χ4v) is 4.28. The summed E-state index contributed by atoms with van der Waals surface area (Å²) in [4.78, 5) is 0. The number of alkyl halides is 3. The highest BCUT2D eigenvalue weighted by Gasteiger charge is 2.33. The van der Waals surface area contributed by atoms with Gasteiger partial charge in [-0.1, -0.05) is 18.7 Å². The first-order chi connectivity index (χ1) is 6.33. The Morgan fingerprint density at radius 1 is 1.14 bits per heavy atom. The van der Waals surface area contributed by atoms with Gasteiger partial charge in [-0.25, -0.2) is 0 Å². The molecular formula is C10H17F3Si. The van der Waals surface area contributed by atoms with Crippen molar-refractivity contribution in [2.75, 3.05) is 0 Å². The lowest BCUT2D eigenvalue weighted by Crippen LogP contribution is -2.30. The topological polar surface area (TPSA) is 0 Å². The Labute approximate surface area is 84.5 Å². The van der Waals surface area contributed by atoms with E-state index in [1.54, 1.807) is 12.2 Å². The molecule has 0 radical (unpaired) electrons. The van der Waals surface area contributed by atoms with Crippen molar-refractivity contribution in [2.24, 2.45) is 0 Å². The van der Waals surface area contributed by atoms with E-state index >= 15 is 0 Å². The van der Waals surface area contributed by atoms with Gasteiger partial charge in [0.2, 0.25) is 0 Å². The molecule has 0 aliphatic heterocycles. The molecule has 82 valence electrons. The number of hydrogen-bond acceptors (Lipinski definition) is 0. The number of allylic oxidation sites excluding steroid dienone is 2. The van der Waals surface area contributed by atoms with Gasteiger partial charge < -0.3 is 0 Å². The third kappa shape index (κ3) is 6.02. The molecule has 0 nitrogen and oxygen atoms in total. The highest BCUT2D eigenvalue weighted by Crippen LogP contribution is 2.30. The molecule has 0 saturated heterocycles. The van der Waals surface area contributed by atoms with Crippen molar-refractivity contribution in [2.45, 2.75) is 37.3 Å². The minimum absolute atomic E-state index is 0.272.